The summed E-state index contributed by atoms with van der Waals surface area (Å²) in [5.74, 6) is -1.22. The predicted octanol–water partition coefficient (Wildman–Crippen LogP) is -1.31. The fraction of sp³-hybridized carbons (Fsp3) is 0.400. The van der Waals surface area contributed by atoms with E-state index in [1.54, 1.807) is 0 Å². The Morgan fingerprint density at radius 2 is 2.38 bits per heavy atom. The SMILES string of the molecule is C=C(C(=O)[O-])C1CO1. The minimum absolute atomic E-state index is 0.0463. The van der Waals surface area contributed by atoms with Crippen molar-refractivity contribution in [3.63, 3.8) is 0 Å². The van der Waals surface area contributed by atoms with E-state index in [-0.39, 0.29) is 11.7 Å². The van der Waals surface area contributed by atoms with Crippen molar-refractivity contribution in [1.82, 2.24) is 0 Å². The Morgan fingerprint density at radius 3 is 2.50 bits per heavy atom. The molecule has 0 radical (unpaired) electrons. The largest absolute Gasteiger partial charge is 0.545 e. The highest BCUT2D eigenvalue weighted by Gasteiger charge is 2.25. The van der Waals surface area contributed by atoms with Crippen molar-refractivity contribution in [2.24, 2.45) is 0 Å². The van der Waals surface area contributed by atoms with Gasteiger partial charge in [0.05, 0.1) is 12.6 Å². The van der Waals surface area contributed by atoms with Crippen molar-refractivity contribution < 1.29 is 14.6 Å². The first-order valence-corrected chi connectivity index (χ1v) is 2.23. The standard InChI is InChI=1S/C5H6O3/c1-3(5(6)7)4-2-8-4/h4H,1-2H2,(H,6,7)/p-1. The number of carboxylic acids is 1. The first-order valence-electron chi connectivity index (χ1n) is 2.23. The molecule has 1 unspecified atom stereocenters. The summed E-state index contributed by atoms with van der Waals surface area (Å²) in [6, 6.07) is 0. The van der Waals surface area contributed by atoms with E-state index in [9.17, 15) is 9.90 Å². The Kier molecular flexibility index (Phi) is 1.06. The molecule has 0 aromatic carbocycles. The maximum Gasteiger partial charge on any atom is 0.107 e. The number of aliphatic carboxylic acids is 1. The van der Waals surface area contributed by atoms with E-state index in [1.807, 2.05) is 0 Å². The number of carboxylic acid groups (broad SMARTS) is 1. The molecule has 8 heavy (non-hydrogen) atoms. The lowest BCUT2D eigenvalue weighted by molar-refractivity contribution is -0.299. The number of rotatable bonds is 2. The van der Waals surface area contributed by atoms with E-state index < -0.39 is 5.97 Å². The molecule has 1 atom stereocenters. The van der Waals surface area contributed by atoms with Crippen LogP contribution in [0.4, 0.5) is 0 Å². The van der Waals surface area contributed by atoms with Crippen LogP contribution in [0.2, 0.25) is 0 Å². The van der Waals surface area contributed by atoms with Gasteiger partial charge in [0.1, 0.15) is 6.10 Å². The van der Waals surface area contributed by atoms with Crippen LogP contribution in [0.25, 0.3) is 0 Å². The lowest BCUT2D eigenvalue weighted by atomic mass is 10.2. The number of ether oxygens (including phenoxy) is 1. The molecule has 1 fully saturated rings. The number of carbonyl (C=O) groups excluding carboxylic acids is 1. The van der Waals surface area contributed by atoms with Crippen molar-refractivity contribution in [1.29, 1.82) is 0 Å². The Labute approximate surface area is 46.6 Å². The Bertz CT molecular complexity index is 135. The van der Waals surface area contributed by atoms with Gasteiger partial charge in [-0.15, -0.1) is 0 Å². The van der Waals surface area contributed by atoms with Crippen LogP contribution in [-0.2, 0) is 9.53 Å². The van der Waals surface area contributed by atoms with Gasteiger partial charge in [-0.25, -0.2) is 0 Å². The predicted molar refractivity (Wildman–Crippen MR) is 23.9 cm³/mol. The highest BCUT2D eigenvalue weighted by Crippen LogP contribution is 2.16. The minimum atomic E-state index is -1.22. The number of hydrogen-bond donors (Lipinski definition) is 0. The number of epoxide rings is 1. The fourth-order valence-corrected chi connectivity index (χ4v) is 0.381. The summed E-state index contributed by atoms with van der Waals surface area (Å²) in [4.78, 5) is 9.89. The van der Waals surface area contributed by atoms with E-state index in [0.717, 1.165) is 0 Å². The maximum atomic E-state index is 9.89. The number of carbonyl (C=O) groups is 1. The van der Waals surface area contributed by atoms with E-state index in [4.69, 9.17) is 0 Å². The molecule has 1 aliphatic rings. The zero-order valence-electron chi connectivity index (χ0n) is 4.22. The van der Waals surface area contributed by atoms with Crippen LogP contribution >= 0.6 is 0 Å². The quantitative estimate of drug-likeness (QED) is 0.330. The van der Waals surface area contributed by atoms with Crippen LogP contribution < -0.4 is 5.11 Å². The molecule has 0 saturated carbocycles. The summed E-state index contributed by atoms with van der Waals surface area (Å²) < 4.78 is 4.61. The lowest BCUT2D eigenvalue weighted by Crippen LogP contribution is -2.26. The van der Waals surface area contributed by atoms with Crippen LogP contribution in [-0.4, -0.2) is 18.7 Å². The van der Waals surface area contributed by atoms with Crippen molar-refractivity contribution in [3.05, 3.63) is 12.2 Å². The van der Waals surface area contributed by atoms with Crippen molar-refractivity contribution >= 4 is 5.97 Å². The van der Waals surface area contributed by atoms with E-state index >= 15 is 0 Å². The van der Waals surface area contributed by atoms with Crippen molar-refractivity contribution in [2.75, 3.05) is 6.61 Å². The molecule has 1 saturated heterocycles. The number of hydrogen-bond acceptors (Lipinski definition) is 3. The Balaban J connectivity index is 2.45. The average Bonchev–Trinajstić information content (AvgIpc) is 2.43. The molecule has 0 amide bonds. The molecule has 3 nitrogen and oxygen atoms in total. The highest BCUT2D eigenvalue weighted by atomic mass is 16.6. The molecule has 3 heteroatoms. The van der Waals surface area contributed by atoms with Crippen molar-refractivity contribution in [2.45, 2.75) is 6.10 Å². The summed E-state index contributed by atoms with van der Waals surface area (Å²) in [6.07, 6.45) is -0.264. The summed E-state index contributed by atoms with van der Waals surface area (Å²) in [7, 11) is 0. The normalized spacial score (nSPS) is 24.8. The lowest BCUT2D eigenvalue weighted by Gasteiger charge is -1.98. The maximum absolute atomic E-state index is 9.89. The molecule has 1 rings (SSSR count). The molecule has 1 aliphatic heterocycles. The van der Waals surface area contributed by atoms with Gasteiger partial charge in [0, 0.05) is 0 Å². The monoisotopic (exact) mass is 113 g/mol. The molecule has 0 aromatic heterocycles. The van der Waals surface area contributed by atoms with Gasteiger partial charge >= 0.3 is 0 Å². The molecule has 44 valence electrons. The second-order valence-corrected chi connectivity index (χ2v) is 1.63. The first-order chi connectivity index (χ1) is 3.72. The van der Waals surface area contributed by atoms with E-state index in [0.29, 0.717) is 6.61 Å². The van der Waals surface area contributed by atoms with Crippen LogP contribution in [0.1, 0.15) is 0 Å². The smallest absolute Gasteiger partial charge is 0.107 e. The third-order valence-corrected chi connectivity index (χ3v) is 0.984. The van der Waals surface area contributed by atoms with Crippen molar-refractivity contribution in [3.8, 4) is 0 Å². The summed E-state index contributed by atoms with van der Waals surface area (Å²) >= 11 is 0. The molecule has 0 spiro atoms. The van der Waals surface area contributed by atoms with Crippen LogP contribution in [0.15, 0.2) is 12.2 Å². The molecule has 0 bridgehead atoms. The van der Waals surface area contributed by atoms with Gasteiger partial charge in [0.2, 0.25) is 0 Å². The minimum Gasteiger partial charge on any atom is -0.545 e. The summed E-state index contributed by atoms with van der Waals surface area (Å²) in [6.45, 7) is 3.71. The third kappa shape index (κ3) is 0.869. The molecule has 0 N–H and O–H groups in total. The Morgan fingerprint density at radius 1 is 1.88 bits per heavy atom. The molecule has 1 heterocycles. The van der Waals surface area contributed by atoms with Gasteiger partial charge in [-0.1, -0.05) is 6.58 Å². The van der Waals surface area contributed by atoms with Gasteiger partial charge in [-0.3, -0.25) is 0 Å². The van der Waals surface area contributed by atoms with E-state index in [2.05, 4.69) is 11.3 Å². The van der Waals surface area contributed by atoms with Crippen LogP contribution in [0.5, 0.6) is 0 Å². The second-order valence-electron chi connectivity index (χ2n) is 1.63. The Hall–Kier alpha value is -0.830. The molecular weight excluding hydrogens is 108 g/mol. The molecule has 0 aliphatic carbocycles. The third-order valence-electron chi connectivity index (χ3n) is 0.984. The molecular formula is C5H5O3-. The second kappa shape index (κ2) is 1.59. The average molecular weight is 113 g/mol. The zero-order chi connectivity index (χ0) is 6.15. The summed E-state index contributed by atoms with van der Waals surface area (Å²) in [5, 5.41) is 9.89. The van der Waals surface area contributed by atoms with Crippen LogP contribution in [0.3, 0.4) is 0 Å². The van der Waals surface area contributed by atoms with Gasteiger partial charge in [-0.2, -0.15) is 0 Å². The fourth-order valence-electron chi connectivity index (χ4n) is 0.381. The van der Waals surface area contributed by atoms with Crippen LogP contribution in [0, 0.1) is 0 Å². The highest BCUT2D eigenvalue weighted by molar-refractivity contribution is 5.85. The van der Waals surface area contributed by atoms with Gasteiger partial charge in [-0.05, 0) is 5.57 Å². The molecule has 0 aromatic rings. The topological polar surface area (TPSA) is 52.7 Å². The van der Waals surface area contributed by atoms with Gasteiger partial charge in [0.15, 0.2) is 0 Å². The van der Waals surface area contributed by atoms with Gasteiger partial charge < -0.3 is 14.6 Å². The van der Waals surface area contributed by atoms with Gasteiger partial charge in [0.25, 0.3) is 0 Å². The van der Waals surface area contributed by atoms with E-state index in [1.165, 1.54) is 0 Å². The first kappa shape index (κ1) is 5.31. The summed E-state index contributed by atoms with van der Waals surface area (Å²) in [5.41, 5.74) is 0.0463. The zero-order valence-corrected chi connectivity index (χ0v) is 4.22.